The average Bonchev–Trinajstić information content (AvgIpc) is 2.62. The first-order valence-electron chi connectivity index (χ1n) is 9.22. The van der Waals surface area contributed by atoms with E-state index in [-0.39, 0.29) is 24.0 Å². The van der Waals surface area contributed by atoms with Gasteiger partial charge in [0, 0.05) is 46.1 Å². The minimum absolute atomic E-state index is 0. The van der Waals surface area contributed by atoms with E-state index < -0.39 is 0 Å². The van der Waals surface area contributed by atoms with E-state index in [2.05, 4.69) is 27.5 Å². The molecule has 1 heterocycles. The number of guanidine groups is 1. The molecule has 1 aromatic heterocycles. The van der Waals surface area contributed by atoms with Gasteiger partial charge >= 0.3 is 0 Å². The molecule has 0 bridgehead atoms. The third-order valence-corrected chi connectivity index (χ3v) is 4.82. The normalized spacial score (nSPS) is 15.6. The Bertz CT molecular complexity index is 533. The fraction of sp³-hybridized carbons (Fsp3) is 0.684. The van der Waals surface area contributed by atoms with Crippen molar-refractivity contribution >= 4 is 29.9 Å². The Hall–Kier alpha value is -1.09. The number of methoxy groups -OCH3 is 1. The number of halogens is 1. The predicted molar refractivity (Wildman–Crippen MR) is 116 cm³/mol. The van der Waals surface area contributed by atoms with Crippen molar-refractivity contribution < 1.29 is 9.47 Å². The molecule has 2 N–H and O–H groups in total. The van der Waals surface area contributed by atoms with Crippen molar-refractivity contribution in [1.29, 1.82) is 0 Å². The summed E-state index contributed by atoms with van der Waals surface area (Å²) >= 11 is 0. The smallest absolute Gasteiger partial charge is 0.213 e. The van der Waals surface area contributed by atoms with Crippen LogP contribution in [-0.4, -0.2) is 44.9 Å². The second-order valence-corrected chi connectivity index (χ2v) is 6.73. The van der Waals surface area contributed by atoms with E-state index in [1.54, 1.807) is 14.2 Å². The molecule has 0 aromatic carbocycles. The molecule has 1 saturated carbocycles. The zero-order valence-electron chi connectivity index (χ0n) is 16.2. The zero-order valence-corrected chi connectivity index (χ0v) is 18.5. The second kappa shape index (κ2) is 12.3. The predicted octanol–water partition coefficient (Wildman–Crippen LogP) is 3.36. The first-order valence-corrected chi connectivity index (χ1v) is 9.22. The maximum Gasteiger partial charge on any atom is 0.213 e. The summed E-state index contributed by atoms with van der Waals surface area (Å²) in [5.74, 6) is 1.51. The monoisotopic (exact) mass is 476 g/mol. The Kier molecular flexibility index (Phi) is 10.9. The molecule has 0 spiro atoms. The fourth-order valence-electron chi connectivity index (χ4n) is 3.00. The van der Waals surface area contributed by atoms with Crippen LogP contribution in [0.25, 0.3) is 0 Å². The molecule has 26 heavy (non-hydrogen) atoms. The lowest BCUT2D eigenvalue weighted by atomic mass is 9.67. The summed E-state index contributed by atoms with van der Waals surface area (Å²) in [5.41, 5.74) is 1.47. The van der Waals surface area contributed by atoms with Gasteiger partial charge < -0.3 is 20.1 Å². The molecule has 0 unspecified atom stereocenters. The van der Waals surface area contributed by atoms with Crippen LogP contribution in [0.1, 0.15) is 44.6 Å². The molecule has 1 aliphatic carbocycles. The quantitative estimate of drug-likeness (QED) is 0.308. The van der Waals surface area contributed by atoms with Crippen molar-refractivity contribution in [2.45, 2.75) is 45.6 Å². The third kappa shape index (κ3) is 7.26. The highest BCUT2D eigenvalue weighted by Crippen LogP contribution is 2.43. The van der Waals surface area contributed by atoms with Crippen LogP contribution in [0, 0.1) is 5.41 Å². The number of pyridine rings is 1. The zero-order chi connectivity index (χ0) is 18.0. The van der Waals surface area contributed by atoms with Crippen molar-refractivity contribution in [3.8, 4) is 5.88 Å². The van der Waals surface area contributed by atoms with Gasteiger partial charge in [-0.3, -0.25) is 4.99 Å². The standard InChI is InChI=1S/C19H32N4O2.HI/c1-4-11-25-17-7-6-16(13-21-17)14-22-18(20-2)23-15-19(8-5-9-19)10-12-24-3;/h6-7,13H,4-5,8-12,14-15H2,1-3H3,(H2,20,22,23);1H. The minimum Gasteiger partial charge on any atom is -0.478 e. The Morgan fingerprint density at radius 2 is 2.08 bits per heavy atom. The highest BCUT2D eigenvalue weighted by atomic mass is 127. The van der Waals surface area contributed by atoms with Crippen LogP contribution < -0.4 is 15.4 Å². The van der Waals surface area contributed by atoms with Gasteiger partial charge in [-0.15, -0.1) is 24.0 Å². The van der Waals surface area contributed by atoms with Gasteiger partial charge in [-0.25, -0.2) is 4.98 Å². The van der Waals surface area contributed by atoms with Crippen molar-refractivity contribution in [3.63, 3.8) is 0 Å². The van der Waals surface area contributed by atoms with E-state index in [4.69, 9.17) is 9.47 Å². The fourth-order valence-corrected chi connectivity index (χ4v) is 3.00. The maximum absolute atomic E-state index is 5.51. The highest BCUT2D eigenvalue weighted by molar-refractivity contribution is 14.0. The van der Waals surface area contributed by atoms with Gasteiger partial charge in [-0.2, -0.15) is 0 Å². The first-order chi connectivity index (χ1) is 12.2. The van der Waals surface area contributed by atoms with E-state index in [0.717, 1.165) is 37.5 Å². The maximum atomic E-state index is 5.51. The summed E-state index contributed by atoms with van der Waals surface area (Å²) in [6.07, 6.45) is 7.79. The Balaban J connectivity index is 0.00000338. The molecule has 2 rings (SSSR count). The number of rotatable bonds is 10. The number of aromatic nitrogens is 1. The SMILES string of the molecule is CCCOc1ccc(CNC(=NC)NCC2(CCOC)CCC2)cn1.I. The Labute approximate surface area is 174 Å². The van der Waals surface area contributed by atoms with E-state index >= 15 is 0 Å². The number of ether oxygens (including phenoxy) is 2. The minimum atomic E-state index is 0. The number of nitrogens with one attached hydrogen (secondary N) is 2. The first kappa shape index (κ1) is 23.0. The highest BCUT2D eigenvalue weighted by Gasteiger charge is 2.36. The van der Waals surface area contributed by atoms with E-state index in [1.807, 2.05) is 18.3 Å². The second-order valence-electron chi connectivity index (χ2n) is 6.73. The van der Waals surface area contributed by atoms with Gasteiger partial charge in [0.25, 0.3) is 0 Å². The van der Waals surface area contributed by atoms with E-state index in [1.165, 1.54) is 19.3 Å². The molecule has 0 atom stereocenters. The Morgan fingerprint density at radius 1 is 1.27 bits per heavy atom. The molecule has 0 aliphatic heterocycles. The average molecular weight is 476 g/mol. The molecule has 0 amide bonds. The van der Waals surface area contributed by atoms with Crippen molar-refractivity contribution in [2.24, 2.45) is 10.4 Å². The van der Waals surface area contributed by atoms with Crippen LogP contribution in [0.15, 0.2) is 23.3 Å². The van der Waals surface area contributed by atoms with Gasteiger partial charge in [0.1, 0.15) is 0 Å². The third-order valence-electron chi connectivity index (χ3n) is 4.82. The lowest BCUT2D eigenvalue weighted by molar-refractivity contribution is 0.0732. The van der Waals surface area contributed by atoms with Crippen molar-refractivity contribution in [2.75, 3.05) is 33.9 Å². The van der Waals surface area contributed by atoms with Gasteiger partial charge in [0.15, 0.2) is 5.96 Å². The molecule has 6 nitrogen and oxygen atoms in total. The molecular weight excluding hydrogens is 443 g/mol. The lowest BCUT2D eigenvalue weighted by Gasteiger charge is -2.42. The van der Waals surface area contributed by atoms with E-state index in [0.29, 0.717) is 24.4 Å². The Morgan fingerprint density at radius 3 is 2.62 bits per heavy atom. The van der Waals surface area contributed by atoms with Crippen LogP contribution in [0.5, 0.6) is 5.88 Å². The topological polar surface area (TPSA) is 67.8 Å². The van der Waals surface area contributed by atoms with Crippen LogP contribution in [0.4, 0.5) is 0 Å². The molecule has 0 radical (unpaired) electrons. The largest absolute Gasteiger partial charge is 0.478 e. The van der Waals surface area contributed by atoms with Gasteiger partial charge in [-0.05, 0) is 36.7 Å². The summed E-state index contributed by atoms with van der Waals surface area (Å²) in [6.45, 7) is 5.24. The molecule has 1 fully saturated rings. The molecule has 0 saturated heterocycles. The van der Waals surface area contributed by atoms with E-state index in [9.17, 15) is 0 Å². The van der Waals surface area contributed by atoms with Gasteiger partial charge in [-0.1, -0.05) is 19.4 Å². The molecule has 148 valence electrons. The number of hydrogen-bond donors (Lipinski definition) is 2. The number of aliphatic imine (C=N–C) groups is 1. The van der Waals surface area contributed by atoms with Crippen LogP contribution >= 0.6 is 24.0 Å². The van der Waals surface area contributed by atoms with Gasteiger partial charge in [0.05, 0.1) is 6.61 Å². The molecule has 1 aliphatic rings. The van der Waals surface area contributed by atoms with Crippen molar-refractivity contribution in [3.05, 3.63) is 23.9 Å². The van der Waals surface area contributed by atoms with Crippen LogP contribution in [0.3, 0.4) is 0 Å². The van der Waals surface area contributed by atoms with Crippen molar-refractivity contribution in [1.82, 2.24) is 15.6 Å². The molecule has 1 aromatic rings. The summed E-state index contributed by atoms with van der Waals surface area (Å²) in [4.78, 5) is 8.65. The van der Waals surface area contributed by atoms with Crippen LogP contribution in [-0.2, 0) is 11.3 Å². The summed E-state index contributed by atoms with van der Waals surface area (Å²) in [5, 5.41) is 6.82. The molecular formula is C19H33IN4O2. The summed E-state index contributed by atoms with van der Waals surface area (Å²) < 4.78 is 10.8. The van der Waals surface area contributed by atoms with Gasteiger partial charge in [0.2, 0.25) is 5.88 Å². The lowest BCUT2D eigenvalue weighted by Crippen LogP contribution is -2.46. The molecule has 7 heteroatoms. The number of nitrogens with zero attached hydrogens (tertiary/aromatic N) is 2. The summed E-state index contributed by atoms with van der Waals surface area (Å²) in [6, 6.07) is 3.95. The van der Waals surface area contributed by atoms with Crippen LogP contribution in [0.2, 0.25) is 0 Å². The number of hydrogen-bond acceptors (Lipinski definition) is 4. The summed E-state index contributed by atoms with van der Waals surface area (Å²) in [7, 11) is 3.57.